The molecule has 0 saturated carbocycles. The summed E-state index contributed by atoms with van der Waals surface area (Å²) < 4.78 is 31.9. The molecule has 0 aliphatic rings. The largest absolute Gasteiger partial charge is 0.496 e. The van der Waals surface area contributed by atoms with Crippen LogP contribution in [0.3, 0.4) is 0 Å². The van der Waals surface area contributed by atoms with Crippen LogP contribution in [0.4, 0.5) is 8.78 Å². The van der Waals surface area contributed by atoms with Crippen LogP contribution in [-0.4, -0.2) is 18.8 Å². The van der Waals surface area contributed by atoms with Crippen LogP contribution in [0.1, 0.15) is 16.7 Å². The molecule has 0 aliphatic heterocycles. The Balaban J connectivity index is 3.53. The van der Waals surface area contributed by atoms with E-state index in [1.54, 1.807) is 6.92 Å². The van der Waals surface area contributed by atoms with Gasteiger partial charge in [-0.05, 0) is 31.0 Å². The molecule has 0 spiro atoms. The number of aliphatic hydroxyl groups is 1. The number of hydrogen-bond donors (Lipinski definition) is 1. The van der Waals surface area contributed by atoms with Crippen molar-refractivity contribution in [2.45, 2.75) is 19.8 Å². The Morgan fingerprint density at radius 1 is 1.44 bits per heavy atom. The van der Waals surface area contributed by atoms with Gasteiger partial charge in [0.1, 0.15) is 12.4 Å². The lowest BCUT2D eigenvalue weighted by Gasteiger charge is -2.21. The standard InChI is InChI=1S/C11H13ClF2O2/c1-6-4-8(16-3)9(7(2)10(6)12)11(13,14)5-15/h4,15H,5H2,1-3H3. The third kappa shape index (κ3) is 2.13. The van der Waals surface area contributed by atoms with E-state index in [0.717, 1.165) is 0 Å². The van der Waals surface area contributed by atoms with Crippen LogP contribution in [0.25, 0.3) is 0 Å². The number of ether oxygens (including phenoxy) is 1. The second kappa shape index (κ2) is 4.55. The fourth-order valence-corrected chi connectivity index (χ4v) is 1.77. The van der Waals surface area contributed by atoms with Crippen molar-refractivity contribution in [3.63, 3.8) is 0 Å². The number of hydrogen-bond acceptors (Lipinski definition) is 2. The minimum Gasteiger partial charge on any atom is -0.496 e. The molecule has 1 aromatic rings. The van der Waals surface area contributed by atoms with Crippen molar-refractivity contribution in [3.05, 3.63) is 27.8 Å². The highest BCUT2D eigenvalue weighted by atomic mass is 35.5. The summed E-state index contributed by atoms with van der Waals surface area (Å²) in [6.45, 7) is 1.92. The summed E-state index contributed by atoms with van der Waals surface area (Å²) in [7, 11) is 1.30. The quantitative estimate of drug-likeness (QED) is 0.894. The van der Waals surface area contributed by atoms with E-state index in [1.165, 1.54) is 20.1 Å². The Bertz CT molecular complexity index is 405. The highest BCUT2D eigenvalue weighted by molar-refractivity contribution is 6.32. The molecule has 90 valence electrons. The molecule has 16 heavy (non-hydrogen) atoms. The van der Waals surface area contributed by atoms with Crippen molar-refractivity contribution >= 4 is 11.6 Å². The van der Waals surface area contributed by atoms with Gasteiger partial charge in [0.2, 0.25) is 0 Å². The lowest BCUT2D eigenvalue weighted by molar-refractivity contribution is -0.0576. The number of halogens is 3. The lowest BCUT2D eigenvalue weighted by Crippen LogP contribution is -2.21. The van der Waals surface area contributed by atoms with Crippen molar-refractivity contribution in [2.24, 2.45) is 0 Å². The van der Waals surface area contributed by atoms with Gasteiger partial charge in [-0.1, -0.05) is 11.6 Å². The molecule has 1 N–H and O–H groups in total. The van der Waals surface area contributed by atoms with E-state index in [9.17, 15) is 8.78 Å². The average Bonchev–Trinajstić information content (AvgIpc) is 2.24. The molecule has 0 radical (unpaired) electrons. The van der Waals surface area contributed by atoms with E-state index < -0.39 is 12.5 Å². The zero-order chi connectivity index (χ0) is 12.5. The van der Waals surface area contributed by atoms with Gasteiger partial charge in [-0.15, -0.1) is 0 Å². The molecule has 0 unspecified atom stereocenters. The summed E-state index contributed by atoms with van der Waals surface area (Å²) in [5, 5.41) is 8.97. The molecule has 0 bridgehead atoms. The lowest BCUT2D eigenvalue weighted by atomic mass is 9.99. The van der Waals surface area contributed by atoms with Crippen LogP contribution in [0.5, 0.6) is 5.75 Å². The summed E-state index contributed by atoms with van der Waals surface area (Å²) in [6, 6.07) is 1.44. The Morgan fingerprint density at radius 3 is 2.44 bits per heavy atom. The third-order valence-electron chi connectivity index (χ3n) is 2.43. The Hall–Kier alpha value is -0.870. The zero-order valence-electron chi connectivity index (χ0n) is 9.27. The number of methoxy groups -OCH3 is 1. The molecule has 0 amide bonds. The second-order valence-corrected chi connectivity index (χ2v) is 3.95. The van der Waals surface area contributed by atoms with Gasteiger partial charge in [-0.2, -0.15) is 8.78 Å². The first-order valence-corrected chi connectivity index (χ1v) is 5.05. The van der Waals surface area contributed by atoms with Gasteiger partial charge in [-0.25, -0.2) is 0 Å². The average molecular weight is 251 g/mol. The normalized spacial score (nSPS) is 11.7. The monoisotopic (exact) mass is 250 g/mol. The number of rotatable bonds is 3. The van der Waals surface area contributed by atoms with Crippen LogP contribution in [0.15, 0.2) is 6.07 Å². The maximum atomic E-state index is 13.5. The van der Waals surface area contributed by atoms with Crippen molar-refractivity contribution in [1.82, 2.24) is 0 Å². The van der Waals surface area contributed by atoms with Gasteiger partial charge in [0.15, 0.2) is 0 Å². The SMILES string of the molecule is COc1cc(C)c(Cl)c(C)c1C(F)(F)CO. The molecule has 0 atom stereocenters. The van der Waals surface area contributed by atoms with Gasteiger partial charge in [0.05, 0.1) is 12.7 Å². The molecular weight excluding hydrogens is 238 g/mol. The summed E-state index contributed by atoms with van der Waals surface area (Å²) >= 11 is 5.90. The van der Waals surface area contributed by atoms with Crippen LogP contribution in [0.2, 0.25) is 5.02 Å². The van der Waals surface area contributed by atoms with Gasteiger partial charge in [0.25, 0.3) is 5.92 Å². The molecule has 0 fully saturated rings. The summed E-state index contributed by atoms with van der Waals surface area (Å²) in [5.41, 5.74) is 0.541. The van der Waals surface area contributed by atoms with E-state index >= 15 is 0 Å². The van der Waals surface area contributed by atoms with Crippen LogP contribution < -0.4 is 4.74 Å². The van der Waals surface area contributed by atoms with E-state index in [1.807, 2.05) is 0 Å². The smallest absolute Gasteiger partial charge is 0.299 e. The predicted molar refractivity (Wildman–Crippen MR) is 58.5 cm³/mol. The first-order valence-electron chi connectivity index (χ1n) is 4.68. The molecule has 2 nitrogen and oxygen atoms in total. The van der Waals surface area contributed by atoms with E-state index in [2.05, 4.69) is 0 Å². The number of alkyl halides is 2. The fourth-order valence-electron chi connectivity index (χ4n) is 1.62. The highest BCUT2D eigenvalue weighted by Crippen LogP contribution is 2.41. The Kier molecular flexibility index (Phi) is 3.76. The number of aliphatic hydroxyl groups excluding tert-OH is 1. The van der Waals surface area contributed by atoms with Crippen molar-refractivity contribution in [1.29, 1.82) is 0 Å². The minimum absolute atomic E-state index is 0.0402. The maximum absolute atomic E-state index is 13.5. The Morgan fingerprint density at radius 2 is 2.00 bits per heavy atom. The van der Waals surface area contributed by atoms with Gasteiger partial charge >= 0.3 is 0 Å². The predicted octanol–water partition coefficient (Wildman–Crippen LogP) is 3.05. The number of aryl methyl sites for hydroxylation is 1. The first kappa shape index (κ1) is 13.2. The van der Waals surface area contributed by atoms with Crippen LogP contribution in [0, 0.1) is 13.8 Å². The van der Waals surface area contributed by atoms with Gasteiger partial charge < -0.3 is 9.84 Å². The van der Waals surface area contributed by atoms with Gasteiger partial charge in [-0.3, -0.25) is 0 Å². The molecule has 0 heterocycles. The van der Waals surface area contributed by atoms with Crippen LogP contribution in [-0.2, 0) is 5.92 Å². The van der Waals surface area contributed by atoms with Crippen molar-refractivity contribution in [2.75, 3.05) is 13.7 Å². The minimum atomic E-state index is -3.35. The topological polar surface area (TPSA) is 29.5 Å². The summed E-state index contributed by atoms with van der Waals surface area (Å²) in [6.07, 6.45) is 0. The molecule has 0 saturated heterocycles. The molecular formula is C11H13ClF2O2. The summed E-state index contributed by atoms with van der Waals surface area (Å²) in [4.78, 5) is 0. The third-order valence-corrected chi connectivity index (χ3v) is 3.01. The number of benzene rings is 1. The van der Waals surface area contributed by atoms with E-state index in [0.29, 0.717) is 5.56 Å². The van der Waals surface area contributed by atoms with E-state index in [4.69, 9.17) is 21.4 Å². The highest BCUT2D eigenvalue weighted by Gasteiger charge is 2.36. The maximum Gasteiger partial charge on any atom is 0.299 e. The first-order chi connectivity index (χ1) is 7.35. The van der Waals surface area contributed by atoms with E-state index in [-0.39, 0.29) is 21.9 Å². The van der Waals surface area contributed by atoms with Crippen LogP contribution >= 0.6 is 11.6 Å². The molecule has 0 aliphatic carbocycles. The molecule has 1 rings (SSSR count). The van der Waals surface area contributed by atoms with Gasteiger partial charge in [0, 0.05) is 5.02 Å². The zero-order valence-corrected chi connectivity index (χ0v) is 10.0. The second-order valence-electron chi connectivity index (χ2n) is 3.57. The molecule has 0 aromatic heterocycles. The Labute approximate surface area is 97.8 Å². The molecule has 1 aromatic carbocycles. The van der Waals surface area contributed by atoms with Crippen molar-refractivity contribution in [3.8, 4) is 5.75 Å². The van der Waals surface area contributed by atoms with Crippen molar-refractivity contribution < 1.29 is 18.6 Å². The fraction of sp³-hybridized carbons (Fsp3) is 0.455. The molecule has 5 heteroatoms. The summed E-state index contributed by atoms with van der Waals surface area (Å²) in [5.74, 6) is -3.31.